The predicted molar refractivity (Wildman–Crippen MR) is 110 cm³/mol. The van der Waals surface area contributed by atoms with Crippen LogP contribution in [-0.2, 0) is 23.8 Å². The van der Waals surface area contributed by atoms with Gasteiger partial charge in [0.1, 0.15) is 5.60 Å². The van der Waals surface area contributed by atoms with Crippen molar-refractivity contribution in [3.63, 3.8) is 0 Å². The lowest BCUT2D eigenvalue weighted by atomic mass is 9.66. The molecular formula is C24H32O6. The molecule has 0 aromatic rings. The zero-order valence-electron chi connectivity index (χ0n) is 18.5. The summed E-state index contributed by atoms with van der Waals surface area (Å²) < 4.78 is 17.9. The largest absolute Gasteiger partial charge is 0.487 e. The summed E-state index contributed by atoms with van der Waals surface area (Å²) in [4.78, 5) is 24.6. The molecule has 5 atom stereocenters. The van der Waals surface area contributed by atoms with Crippen LogP contribution in [0.4, 0.5) is 0 Å². The van der Waals surface area contributed by atoms with E-state index in [1.165, 1.54) is 6.08 Å². The van der Waals surface area contributed by atoms with Gasteiger partial charge in [-0.05, 0) is 44.6 Å². The Bertz CT molecular complexity index is 867. The van der Waals surface area contributed by atoms with Gasteiger partial charge >= 0.3 is 11.9 Å². The Morgan fingerprint density at radius 2 is 1.80 bits per heavy atom. The minimum absolute atomic E-state index is 0.00154. The van der Waals surface area contributed by atoms with E-state index in [-0.39, 0.29) is 17.8 Å². The normalized spacial score (nSPS) is 45.7. The Morgan fingerprint density at radius 3 is 2.53 bits per heavy atom. The smallest absolute Gasteiger partial charge is 0.335 e. The van der Waals surface area contributed by atoms with Gasteiger partial charge in [-0.2, -0.15) is 0 Å². The van der Waals surface area contributed by atoms with Crippen molar-refractivity contribution in [1.29, 1.82) is 0 Å². The lowest BCUT2D eigenvalue weighted by Gasteiger charge is -2.54. The van der Waals surface area contributed by atoms with E-state index in [4.69, 9.17) is 14.2 Å². The number of fused-ring (bicyclic) bond motifs is 1. The van der Waals surface area contributed by atoms with Gasteiger partial charge in [0.2, 0.25) is 5.60 Å². The van der Waals surface area contributed by atoms with E-state index < -0.39 is 34.8 Å². The first-order valence-corrected chi connectivity index (χ1v) is 10.8. The molecule has 30 heavy (non-hydrogen) atoms. The van der Waals surface area contributed by atoms with E-state index >= 15 is 0 Å². The highest BCUT2D eigenvalue weighted by molar-refractivity contribution is 5.87. The zero-order valence-corrected chi connectivity index (χ0v) is 18.5. The number of ether oxygens (including phenoxy) is 3. The molecule has 164 valence electrons. The van der Waals surface area contributed by atoms with Gasteiger partial charge in [0, 0.05) is 18.8 Å². The van der Waals surface area contributed by atoms with Gasteiger partial charge in [-0.1, -0.05) is 32.1 Å². The molecule has 4 aliphatic rings. The second kappa shape index (κ2) is 6.71. The second-order valence-electron chi connectivity index (χ2n) is 10.5. The van der Waals surface area contributed by atoms with Crippen LogP contribution in [-0.4, -0.2) is 40.0 Å². The molecule has 2 saturated heterocycles. The molecule has 1 spiro atoms. The van der Waals surface area contributed by atoms with Crippen molar-refractivity contribution in [2.45, 2.75) is 89.6 Å². The summed E-state index contributed by atoms with van der Waals surface area (Å²) in [5.74, 6) is -0.660. The van der Waals surface area contributed by atoms with Crippen molar-refractivity contribution in [3.8, 4) is 0 Å². The number of esters is 2. The molecule has 3 aliphatic heterocycles. The van der Waals surface area contributed by atoms with E-state index in [9.17, 15) is 14.7 Å². The van der Waals surface area contributed by atoms with Gasteiger partial charge in [0.05, 0.1) is 18.6 Å². The minimum Gasteiger partial charge on any atom is -0.487 e. The van der Waals surface area contributed by atoms with E-state index in [0.29, 0.717) is 25.0 Å². The number of aliphatic hydroxyl groups excluding tert-OH is 1. The number of hydrogen-bond donors (Lipinski definition) is 1. The number of carbonyl (C=O) groups is 2. The molecule has 0 unspecified atom stereocenters. The maximum Gasteiger partial charge on any atom is 0.335 e. The monoisotopic (exact) mass is 416 g/mol. The maximum absolute atomic E-state index is 12.3. The predicted octanol–water partition coefficient (Wildman–Crippen LogP) is 3.74. The van der Waals surface area contributed by atoms with Crippen LogP contribution < -0.4 is 0 Å². The molecule has 0 amide bonds. The van der Waals surface area contributed by atoms with Gasteiger partial charge in [0.15, 0.2) is 11.4 Å². The summed E-state index contributed by atoms with van der Waals surface area (Å²) >= 11 is 0. The molecule has 3 heterocycles. The summed E-state index contributed by atoms with van der Waals surface area (Å²) in [5, 5.41) is 11.0. The van der Waals surface area contributed by atoms with Crippen LogP contribution in [0.5, 0.6) is 0 Å². The van der Waals surface area contributed by atoms with Crippen LogP contribution in [0.25, 0.3) is 0 Å². The summed E-state index contributed by atoms with van der Waals surface area (Å²) in [5.41, 5.74) is -2.00. The third-order valence-corrected chi connectivity index (χ3v) is 7.41. The molecule has 0 saturated carbocycles. The lowest BCUT2D eigenvalue weighted by Crippen LogP contribution is -2.63. The summed E-state index contributed by atoms with van der Waals surface area (Å²) in [6.45, 7) is 10.0. The molecule has 0 radical (unpaired) electrons. The van der Waals surface area contributed by atoms with Gasteiger partial charge in [-0.25, -0.2) is 4.79 Å². The quantitative estimate of drug-likeness (QED) is 0.479. The molecule has 6 heteroatoms. The number of allylic oxidation sites excluding steroid dienone is 2. The molecule has 1 N–H and O–H groups in total. The van der Waals surface area contributed by atoms with Crippen LogP contribution in [0.1, 0.15) is 66.7 Å². The average molecular weight is 417 g/mol. The highest BCUT2D eigenvalue weighted by atomic mass is 16.6. The van der Waals surface area contributed by atoms with Gasteiger partial charge in [-0.15, -0.1) is 0 Å². The Morgan fingerprint density at radius 1 is 1.07 bits per heavy atom. The highest BCUT2D eigenvalue weighted by Crippen LogP contribution is 2.57. The van der Waals surface area contributed by atoms with Crippen LogP contribution >= 0.6 is 0 Å². The fourth-order valence-corrected chi connectivity index (χ4v) is 5.26. The van der Waals surface area contributed by atoms with Crippen molar-refractivity contribution in [3.05, 3.63) is 35.6 Å². The van der Waals surface area contributed by atoms with Crippen molar-refractivity contribution >= 4 is 11.9 Å². The Labute approximate surface area is 177 Å². The molecule has 0 bridgehead atoms. The summed E-state index contributed by atoms with van der Waals surface area (Å²) in [6.07, 6.45) is 9.50. The summed E-state index contributed by atoms with van der Waals surface area (Å²) in [7, 11) is 0. The number of carbonyl (C=O) groups excluding carboxylic acids is 2. The Kier molecular flexibility index (Phi) is 4.73. The molecule has 0 aromatic heterocycles. The van der Waals surface area contributed by atoms with E-state index in [2.05, 4.69) is 32.1 Å². The van der Waals surface area contributed by atoms with Crippen LogP contribution in [0, 0.1) is 11.3 Å². The molecular weight excluding hydrogens is 384 g/mol. The molecule has 2 fully saturated rings. The zero-order chi connectivity index (χ0) is 21.9. The first kappa shape index (κ1) is 21.2. The van der Waals surface area contributed by atoms with Gasteiger partial charge < -0.3 is 19.3 Å². The number of hydrogen-bond acceptors (Lipinski definition) is 6. The third-order valence-electron chi connectivity index (χ3n) is 7.41. The molecule has 0 aromatic carbocycles. The lowest BCUT2D eigenvalue weighted by molar-refractivity contribution is -0.221. The average Bonchev–Trinajstić information content (AvgIpc) is 2.86. The van der Waals surface area contributed by atoms with E-state index in [1.54, 1.807) is 6.92 Å². The molecule has 4 rings (SSSR count). The van der Waals surface area contributed by atoms with E-state index in [1.807, 2.05) is 13.8 Å². The van der Waals surface area contributed by atoms with Crippen molar-refractivity contribution in [2.24, 2.45) is 11.3 Å². The first-order valence-electron chi connectivity index (χ1n) is 10.8. The van der Waals surface area contributed by atoms with Gasteiger partial charge in [0.25, 0.3) is 0 Å². The summed E-state index contributed by atoms with van der Waals surface area (Å²) in [6, 6.07) is 0. The first-order chi connectivity index (χ1) is 13.9. The van der Waals surface area contributed by atoms with Crippen molar-refractivity contribution < 1.29 is 28.9 Å². The Balaban J connectivity index is 1.78. The standard InChI is InChI=1S/C24H32O6/c1-15-7-10-21(2,3)8-6-9-22(4)16(11-17(15)25)13-24-18(28-22)12-19(26)29-23(24,5)14-20(27)30-24/h6-8,12,16-17,25H,9-11,13-14H2,1-5H3/b8-6+,15-7-/t16-,17+,22+,23-,24-/m1/s1. The minimum atomic E-state index is -1.14. The maximum atomic E-state index is 12.3. The fourth-order valence-electron chi connectivity index (χ4n) is 5.26. The van der Waals surface area contributed by atoms with Crippen LogP contribution in [0.2, 0.25) is 0 Å². The van der Waals surface area contributed by atoms with E-state index in [0.717, 1.165) is 12.0 Å². The molecule has 1 aliphatic carbocycles. The van der Waals surface area contributed by atoms with Gasteiger partial charge in [-0.3, -0.25) is 4.79 Å². The fraction of sp³-hybridized carbons (Fsp3) is 0.667. The SMILES string of the molecule is C/C1=C/CC(C)(C)/C=C/C[C@]2(C)OC3=CC(=O)O[C@]4(C)CC(=O)O[C@]34C[C@H]2C[C@@H]1O. The second-order valence-corrected chi connectivity index (χ2v) is 10.5. The number of rotatable bonds is 0. The van der Waals surface area contributed by atoms with Crippen molar-refractivity contribution in [1.82, 2.24) is 0 Å². The third kappa shape index (κ3) is 3.29. The Hall–Kier alpha value is -2.08. The van der Waals surface area contributed by atoms with Crippen LogP contribution in [0.15, 0.2) is 35.6 Å². The topological polar surface area (TPSA) is 82.1 Å². The van der Waals surface area contributed by atoms with Crippen LogP contribution in [0.3, 0.4) is 0 Å². The highest BCUT2D eigenvalue weighted by Gasteiger charge is 2.70. The van der Waals surface area contributed by atoms with Crippen molar-refractivity contribution in [2.75, 3.05) is 0 Å². The molecule has 6 nitrogen and oxygen atoms in total. The number of aliphatic hydroxyl groups is 1.